The van der Waals surface area contributed by atoms with Gasteiger partial charge in [0, 0.05) is 56.5 Å². The highest BCUT2D eigenvalue weighted by atomic mass is 16.5. The number of hydrogen-bond donors (Lipinski definition) is 2. The van der Waals surface area contributed by atoms with E-state index in [1.165, 1.54) is 0 Å². The van der Waals surface area contributed by atoms with Crippen LogP contribution in [0, 0.1) is 5.92 Å². The second-order valence-corrected chi connectivity index (χ2v) is 7.89. The van der Waals surface area contributed by atoms with E-state index < -0.39 is 0 Å². The second-order valence-electron chi connectivity index (χ2n) is 7.89. The quantitative estimate of drug-likeness (QED) is 0.797. The van der Waals surface area contributed by atoms with Gasteiger partial charge in [0.25, 0.3) is 11.8 Å². The van der Waals surface area contributed by atoms with Gasteiger partial charge in [-0.2, -0.15) is 5.10 Å². The number of nitrogens with one attached hydrogen (secondary N) is 2. The van der Waals surface area contributed by atoms with Crippen LogP contribution in [-0.4, -0.2) is 67.3 Å². The van der Waals surface area contributed by atoms with Crippen LogP contribution in [0.2, 0.25) is 0 Å². The molecule has 0 radical (unpaired) electrons. The molecule has 2 aliphatic rings. The van der Waals surface area contributed by atoms with Gasteiger partial charge < -0.3 is 19.9 Å². The fraction of sp³-hybridized carbons (Fsp3) is 0.476. The largest absolute Gasteiger partial charge is 0.381 e. The Morgan fingerprint density at radius 1 is 1.31 bits per heavy atom. The summed E-state index contributed by atoms with van der Waals surface area (Å²) in [6.07, 6.45) is 1.59. The smallest absolute Gasteiger partial charge is 0.272 e. The highest BCUT2D eigenvalue weighted by Gasteiger charge is 2.28. The maximum atomic E-state index is 12.9. The van der Waals surface area contributed by atoms with Gasteiger partial charge in [-0.05, 0) is 37.1 Å². The Hall–Kier alpha value is -2.87. The monoisotopic (exact) mass is 397 g/mol. The lowest BCUT2D eigenvalue weighted by molar-refractivity contribution is 0.0732. The molecule has 154 valence electrons. The average molecular weight is 397 g/mol. The normalized spacial score (nSPS) is 18.4. The zero-order valence-corrected chi connectivity index (χ0v) is 16.9. The van der Waals surface area contributed by atoms with Crippen molar-refractivity contribution >= 4 is 17.5 Å². The summed E-state index contributed by atoms with van der Waals surface area (Å²) >= 11 is 0. The van der Waals surface area contributed by atoms with E-state index in [0.717, 1.165) is 30.0 Å². The van der Waals surface area contributed by atoms with Crippen LogP contribution >= 0.6 is 0 Å². The summed E-state index contributed by atoms with van der Waals surface area (Å²) < 4.78 is 5.35. The molecule has 8 heteroatoms. The molecule has 1 atom stereocenters. The van der Waals surface area contributed by atoms with Crippen LogP contribution < -0.4 is 10.2 Å². The third-order valence-electron chi connectivity index (χ3n) is 5.64. The van der Waals surface area contributed by atoms with Gasteiger partial charge in [-0.15, -0.1) is 0 Å². The number of aromatic nitrogens is 2. The number of rotatable bonds is 5. The summed E-state index contributed by atoms with van der Waals surface area (Å²) in [7, 11) is 3.94. The highest BCUT2D eigenvalue weighted by molar-refractivity contribution is 5.96. The van der Waals surface area contributed by atoms with Crippen molar-refractivity contribution in [1.82, 2.24) is 20.4 Å². The summed E-state index contributed by atoms with van der Waals surface area (Å²) in [5.74, 6) is 0.206. The minimum absolute atomic E-state index is 0.0113. The van der Waals surface area contributed by atoms with Crippen molar-refractivity contribution in [3.05, 3.63) is 46.8 Å². The molecule has 0 saturated carbocycles. The number of hydrogen-bond acceptors (Lipinski definition) is 5. The molecule has 1 unspecified atom stereocenters. The Kier molecular flexibility index (Phi) is 5.53. The molecule has 1 aromatic carbocycles. The lowest BCUT2D eigenvalue weighted by Crippen LogP contribution is -2.37. The van der Waals surface area contributed by atoms with Crippen LogP contribution in [0.5, 0.6) is 0 Å². The summed E-state index contributed by atoms with van der Waals surface area (Å²) in [5, 5.41) is 10.2. The van der Waals surface area contributed by atoms with Crippen LogP contribution in [0.25, 0.3) is 0 Å². The summed E-state index contributed by atoms with van der Waals surface area (Å²) in [4.78, 5) is 29.2. The summed E-state index contributed by atoms with van der Waals surface area (Å²) in [6.45, 7) is 3.07. The Balaban J connectivity index is 1.40. The standard InChI is InChI=1S/C21H27N5O3/c1-25(2)16-5-3-15(4-6-16)21(28)26-9-7-17-18(12-26)23-24-19(17)20(27)22-11-14-8-10-29-13-14/h3-6,14H,7-13H2,1-2H3,(H,22,27)(H,23,24). The van der Waals surface area contributed by atoms with Crippen molar-refractivity contribution in [2.24, 2.45) is 5.92 Å². The minimum Gasteiger partial charge on any atom is -0.381 e. The number of amides is 2. The van der Waals surface area contributed by atoms with Gasteiger partial charge in [0.1, 0.15) is 0 Å². The number of H-pyrrole nitrogens is 1. The van der Waals surface area contributed by atoms with E-state index >= 15 is 0 Å². The molecule has 1 fully saturated rings. The number of aromatic amines is 1. The van der Waals surface area contributed by atoms with Crippen molar-refractivity contribution in [3.8, 4) is 0 Å². The highest BCUT2D eigenvalue weighted by Crippen LogP contribution is 2.23. The van der Waals surface area contributed by atoms with E-state index in [2.05, 4.69) is 15.5 Å². The first-order valence-electron chi connectivity index (χ1n) is 10.0. The van der Waals surface area contributed by atoms with Crippen LogP contribution in [0.3, 0.4) is 0 Å². The molecule has 3 heterocycles. The Labute approximate surface area is 170 Å². The second kappa shape index (κ2) is 8.24. The topological polar surface area (TPSA) is 90.6 Å². The molecular formula is C21H27N5O3. The Morgan fingerprint density at radius 3 is 2.79 bits per heavy atom. The minimum atomic E-state index is -0.159. The van der Waals surface area contributed by atoms with E-state index in [1.807, 2.05) is 43.3 Å². The van der Waals surface area contributed by atoms with Crippen LogP contribution in [-0.2, 0) is 17.7 Å². The van der Waals surface area contributed by atoms with Gasteiger partial charge in [0.2, 0.25) is 0 Å². The van der Waals surface area contributed by atoms with Crippen LogP contribution in [0.15, 0.2) is 24.3 Å². The van der Waals surface area contributed by atoms with E-state index in [9.17, 15) is 9.59 Å². The number of nitrogens with zero attached hydrogens (tertiary/aromatic N) is 3. The van der Waals surface area contributed by atoms with Gasteiger partial charge >= 0.3 is 0 Å². The SMILES string of the molecule is CN(C)c1ccc(C(=O)N2CCc3c(C(=O)NCC4CCOC4)n[nH]c3C2)cc1. The maximum Gasteiger partial charge on any atom is 0.272 e. The Morgan fingerprint density at radius 2 is 2.10 bits per heavy atom. The van der Waals surface area contributed by atoms with Crippen molar-refractivity contribution in [3.63, 3.8) is 0 Å². The molecule has 1 saturated heterocycles. The average Bonchev–Trinajstić information content (AvgIpc) is 3.40. The zero-order chi connectivity index (χ0) is 20.4. The molecule has 2 N–H and O–H groups in total. The number of benzene rings is 1. The fourth-order valence-electron chi connectivity index (χ4n) is 3.83. The third-order valence-corrected chi connectivity index (χ3v) is 5.64. The van der Waals surface area contributed by atoms with Crippen LogP contribution in [0.4, 0.5) is 5.69 Å². The molecule has 0 aliphatic carbocycles. The van der Waals surface area contributed by atoms with Crippen molar-refractivity contribution < 1.29 is 14.3 Å². The molecule has 0 bridgehead atoms. The molecule has 4 rings (SSSR count). The lowest BCUT2D eigenvalue weighted by atomic mass is 10.0. The van der Waals surface area contributed by atoms with Gasteiger partial charge in [-0.3, -0.25) is 14.7 Å². The molecule has 2 aliphatic heterocycles. The van der Waals surface area contributed by atoms with E-state index in [0.29, 0.717) is 49.8 Å². The summed E-state index contributed by atoms with van der Waals surface area (Å²) in [6, 6.07) is 7.59. The first kappa shape index (κ1) is 19.4. The van der Waals surface area contributed by atoms with Gasteiger partial charge in [-0.25, -0.2) is 0 Å². The fourth-order valence-corrected chi connectivity index (χ4v) is 3.83. The van der Waals surface area contributed by atoms with Crippen LogP contribution in [0.1, 0.15) is 38.5 Å². The van der Waals surface area contributed by atoms with Crippen molar-refractivity contribution in [1.29, 1.82) is 0 Å². The number of anilines is 1. The zero-order valence-electron chi connectivity index (χ0n) is 16.9. The molecular weight excluding hydrogens is 370 g/mol. The van der Waals surface area contributed by atoms with E-state index in [4.69, 9.17) is 4.74 Å². The number of fused-ring (bicyclic) bond motifs is 1. The molecule has 8 nitrogen and oxygen atoms in total. The van der Waals surface area contributed by atoms with Gasteiger partial charge in [0.15, 0.2) is 5.69 Å². The predicted octanol–water partition coefficient (Wildman–Crippen LogP) is 1.44. The predicted molar refractivity (Wildman–Crippen MR) is 109 cm³/mol. The number of ether oxygens (including phenoxy) is 1. The van der Waals surface area contributed by atoms with Crippen molar-refractivity contribution in [2.75, 3.05) is 45.3 Å². The molecule has 29 heavy (non-hydrogen) atoms. The Bertz CT molecular complexity index is 884. The lowest BCUT2D eigenvalue weighted by Gasteiger charge is -2.27. The first-order valence-corrected chi connectivity index (χ1v) is 10.0. The molecule has 2 amide bonds. The number of carbonyl (C=O) groups excluding carboxylic acids is 2. The van der Waals surface area contributed by atoms with Gasteiger partial charge in [-0.1, -0.05) is 0 Å². The molecule has 2 aromatic rings. The maximum absolute atomic E-state index is 12.9. The van der Waals surface area contributed by atoms with E-state index in [1.54, 1.807) is 4.90 Å². The van der Waals surface area contributed by atoms with Gasteiger partial charge in [0.05, 0.1) is 18.8 Å². The van der Waals surface area contributed by atoms with Crippen molar-refractivity contribution in [2.45, 2.75) is 19.4 Å². The third kappa shape index (κ3) is 4.12. The van der Waals surface area contributed by atoms with E-state index in [-0.39, 0.29) is 11.8 Å². The molecule has 1 aromatic heterocycles. The first-order chi connectivity index (χ1) is 14.0. The molecule has 0 spiro atoms. The summed E-state index contributed by atoms with van der Waals surface area (Å²) in [5.41, 5.74) is 3.91. The number of carbonyl (C=O) groups is 2.